The van der Waals surface area contributed by atoms with E-state index in [-0.39, 0.29) is 46.2 Å². The molecular weight excluding hydrogens is 457 g/mol. The molecule has 8 nitrogen and oxygen atoms in total. The highest BCUT2D eigenvalue weighted by Gasteiger charge is 2.54. The minimum Gasteiger partial charge on any atom is -0.459 e. The molecule has 2 amide bonds. The maximum Gasteiger partial charge on any atom is 0.342 e. The van der Waals surface area contributed by atoms with Gasteiger partial charge in [-0.05, 0) is 31.0 Å². The van der Waals surface area contributed by atoms with Crippen molar-refractivity contribution in [2.24, 2.45) is 0 Å². The van der Waals surface area contributed by atoms with E-state index in [1.807, 2.05) is 6.07 Å². The van der Waals surface area contributed by atoms with Gasteiger partial charge >= 0.3 is 5.97 Å². The Bertz CT molecular complexity index is 1320. The van der Waals surface area contributed by atoms with Crippen LogP contribution >= 0.6 is 23.2 Å². The van der Waals surface area contributed by atoms with Gasteiger partial charge in [-0.2, -0.15) is 0 Å². The first kappa shape index (κ1) is 22.0. The van der Waals surface area contributed by atoms with Crippen LogP contribution in [0.3, 0.4) is 0 Å². The Morgan fingerprint density at radius 3 is 2.59 bits per heavy atom. The molecule has 1 aromatic heterocycles. The first-order valence-corrected chi connectivity index (χ1v) is 10.4. The highest BCUT2D eigenvalue weighted by atomic mass is 35.5. The maximum atomic E-state index is 13.5. The molecule has 0 radical (unpaired) electrons. The molecular formula is C22H17Cl2N3O5. The minimum absolute atomic E-state index is 0.0352. The van der Waals surface area contributed by atoms with E-state index in [0.717, 1.165) is 4.57 Å². The minimum atomic E-state index is -2.11. The number of fused-ring (bicyclic) bond motifs is 1. The van der Waals surface area contributed by atoms with E-state index in [1.165, 1.54) is 19.1 Å². The van der Waals surface area contributed by atoms with Crippen LogP contribution in [0.25, 0.3) is 10.9 Å². The van der Waals surface area contributed by atoms with Crippen molar-refractivity contribution in [3.05, 3.63) is 74.3 Å². The van der Waals surface area contributed by atoms with Gasteiger partial charge in [0.2, 0.25) is 11.4 Å². The van der Waals surface area contributed by atoms with Crippen LogP contribution in [-0.2, 0) is 31.3 Å². The molecule has 2 aromatic carbocycles. The highest BCUT2D eigenvalue weighted by Crippen LogP contribution is 2.31. The zero-order valence-corrected chi connectivity index (χ0v) is 18.4. The summed E-state index contributed by atoms with van der Waals surface area (Å²) in [6.07, 6.45) is -0.417. The maximum absolute atomic E-state index is 13.5. The van der Waals surface area contributed by atoms with Crippen molar-refractivity contribution in [1.82, 2.24) is 14.9 Å². The number of hydrogen-bond donors (Lipinski definition) is 1. The summed E-state index contributed by atoms with van der Waals surface area (Å²) >= 11 is 12.3. The van der Waals surface area contributed by atoms with Crippen LogP contribution in [0.5, 0.6) is 0 Å². The van der Waals surface area contributed by atoms with Gasteiger partial charge in [0.15, 0.2) is 0 Å². The molecule has 0 saturated carbocycles. The van der Waals surface area contributed by atoms with Crippen LogP contribution in [0.4, 0.5) is 0 Å². The molecule has 10 heteroatoms. The van der Waals surface area contributed by atoms with Gasteiger partial charge in [0.1, 0.15) is 12.4 Å². The molecule has 1 aliphatic heterocycles. The van der Waals surface area contributed by atoms with E-state index >= 15 is 0 Å². The number of amides is 2. The average Bonchev–Trinajstić information content (AvgIpc) is 2.75. The van der Waals surface area contributed by atoms with Crippen molar-refractivity contribution < 1.29 is 19.1 Å². The Labute approximate surface area is 192 Å². The Hall–Kier alpha value is -3.23. The van der Waals surface area contributed by atoms with Crippen molar-refractivity contribution >= 4 is 51.9 Å². The number of benzene rings is 2. The van der Waals surface area contributed by atoms with Gasteiger partial charge in [-0.15, -0.1) is 0 Å². The molecule has 1 aliphatic rings. The molecule has 2 heterocycles. The second-order valence-electron chi connectivity index (χ2n) is 7.38. The summed E-state index contributed by atoms with van der Waals surface area (Å²) in [4.78, 5) is 56.1. The summed E-state index contributed by atoms with van der Waals surface area (Å²) in [6.45, 7) is 1.36. The van der Waals surface area contributed by atoms with Gasteiger partial charge in [-0.25, -0.2) is 9.78 Å². The number of rotatable bonds is 4. The number of carbonyl (C=O) groups excluding carboxylic acids is 3. The summed E-state index contributed by atoms with van der Waals surface area (Å²) in [5.41, 5.74) is -1.92. The summed E-state index contributed by atoms with van der Waals surface area (Å²) in [5.74, 6) is -2.41. The second kappa shape index (κ2) is 8.37. The Morgan fingerprint density at radius 1 is 1.19 bits per heavy atom. The second-order valence-corrected chi connectivity index (χ2v) is 8.23. The molecule has 32 heavy (non-hydrogen) atoms. The van der Waals surface area contributed by atoms with E-state index in [0.29, 0.717) is 5.56 Å². The van der Waals surface area contributed by atoms with Crippen molar-refractivity contribution in [3.8, 4) is 0 Å². The number of nitrogens with one attached hydrogen (secondary N) is 1. The monoisotopic (exact) mass is 473 g/mol. The van der Waals surface area contributed by atoms with Gasteiger partial charge < -0.3 is 4.74 Å². The van der Waals surface area contributed by atoms with Gasteiger partial charge in [-0.1, -0.05) is 53.5 Å². The largest absolute Gasteiger partial charge is 0.459 e. The summed E-state index contributed by atoms with van der Waals surface area (Å²) in [5, 5.41) is 2.54. The molecule has 0 aliphatic carbocycles. The number of ether oxygens (including phenoxy) is 1. The van der Waals surface area contributed by atoms with Crippen LogP contribution in [-0.4, -0.2) is 27.3 Å². The van der Waals surface area contributed by atoms with Gasteiger partial charge in [-0.3, -0.25) is 24.3 Å². The number of esters is 1. The molecule has 0 spiro atoms. The lowest BCUT2D eigenvalue weighted by Gasteiger charge is -2.35. The SMILES string of the molecule is Cc1nc2c(Cl)cc(Cl)cc2c(=O)n1[C@@]1(C(=O)OCc2ccccc2)CCC(=O)NC1=O. The highest BCUT2D eigenvalue weighted by molar-refractivity contribution is 6.38. The molecule has 1 N–H and O–H groups in total. The topological polar surface area (TPSA) is 107 Å². The molecule has 1 fully saturated rings. The standard InChI is InChI=1S/C22H17Cl2N3O5/c1-12-25-18-15(9-14(23)10-16(18)24)19(29)27(12)22(8-7-17(28)26-20(22)30)21(31)32-11-13-5-3-2-4-6-13/h2-6,9-10H,7-8,11H2,1H3,(H,26,28,30)/t22-/m0/s1. The van der Waals surface area contributed by atoms with Gasteiger partial charge in [0, 0.05) is 11.4 Å². The van der Waals surface area contributed by atoms with Crippen LogP contribution in [0, 0.1) is 6.92 Å². The number of nitrogens with zero attached hydrogens (tertiary/aromatic N) is 2. The molecule has 3 aromatic rings. The molecule has 0 unspecified atom stereocenters. The molecule has 164 valence electrons. The lowest BCUT2D eigenvalue weighted by atomic mass is 9.87. The fraction of sp³-hybridized carbons (Fsp3) is 0.227. The van der Waals surface area contributed by atoms with Crippen molar-refractivity contribution in [3.63, 3.8) is 0 Å². The zero-order valence-electron chi connectivity index (χ0n) is 16.9. The van der Waals surface area contributed by atoms with E-state index in [4.69, 9.17) is 27.9 Å². The molecule has 0 bridgehead atoms. The van der Waals surface area contributed by atoms with Gasteiger partial charge in [0.25, 0.3) is 11.5 Å². The predicted octanol–water partition coefficient (Wildman–Crippen LogP) is 2.89. The van der Waals surface area contributed by atoms with E-state index in [1.54, 1.807) is 24.3 Å². The first-order chi connectivity index (χ1) is 15.2. The Balaban J connectivity index is 1.89. The van der Waals surface area contributed by atoms with Crippen LogP contribution in [0.15, 0.2) is 47.3 Å². The van der Waals surface area contributed by atoms with Crippen molar-refractivity contribution in [2.45, 2.75) is 31.9 Å². The Morgan fingerprint density at radius 2 is 1.91 bits per heavy atom. The van der Waals surface area contributed by atoms with Crippen LogP contribution < -0.4 is 10.9 Å². The number of hydrogen-bond acceptors (Lipinski definition) is 6. The predicted molar refractivity (Wildman–Crippen MR) is 117 cm³/mol. The first-order valence-electron chi connectivity index (χ1n) is 9.68. The summed E-state index contributed by atoms with van der Waals surface area (Å²) in [7, 11) is 0. The smallest absolute Gasteiger partial charge is 0.342 e. The van der Waals surface area contributed by atoms with Crippen LogP contribution in [0.1, 0.15) is 24.2 Å². The quantitative estimate of drug-likeness (QED) is 0.354. The van der Waals surface area contributed by atoms with Crippen molar-refractivity contribution in [1.29, 1.82) is 0 Å². The third-order valence-corrected chi connectivity index (χ3v) is 5.84. The molecule has 1 saturated heterocycles. The fourth-order valence-electron chi connectivity index (χ4n) is 3.81. The molecule has 4 rings (SSSR count). The number of aryl methyl sites for hydroxylation is 1. The number of halogens is 2. The van der Waals surface area contributed by atoms with Crippen molar-refractivity contribution in [2.75, 3.05) is 0 Å². The number of carbonyl (C=O) groups is 3. The summed E-state index contributed by atoms with van der Waals surface area (Å²) in [6, 6.07) is 11.7. The summed E-state index contributed by atoms with van der Waals surface area (Å²) < 4.78 is 6.42. The van der Waals surface area contributed by atoms with E-state index in [2.05, 4.69) is 10.3 Å². The van der Waals surface area contributed by atoms with Crippen LogP contribution in [0.2, 0.25) is 10.0 Å². The average molecular weight is 474 g/mol. The number of aromatic nitrogens is 2. The zero-order chi connectivity index (χ0) is 23.0. The van der Waals surface area contributed by atoms with E-state index < -0.39 is 28.9 Å². The fourth-order valence-corrected chi connectivity index (χ4v) is 4.35. The number of imide groups is 1. The Kier molecular flexibility index (Phi) is 5.75. The lowest BCUT2D eigenvalue weighted by Crippen LogP contribution is -2.62. The van der Waals surface area contributed by atoms with Gasteiger partial charge in [0.05, 0.1) is 15.9 Å². The lowest BCUT2D eigenvalue weighted by molar-refractivity contribution is -0.164. The van der Waals surface area contributed by atoms with E-state index in [9.17, 15) is 19.2 Å². The third-order valence-electron chi connectivity index (χ3n) is 5.33. The molecule has 1 atom stereocenters. The normalized spacial score (nSPS) is 18.5. The number of piperidine rings is 1. The third kappa shape index (κ3) is 3.65.